The van der Waals surface area contributed by atoms with E-state index < -0.39 is 11.9 Å². The van der Waals surface area contributed by atoms with E-state index in [2.05, 4.69) is 31.4 Å². The molecule has 0 aliphatic heterocycles. The summed E-state index contributed by atoms with van der Waals surface area (Å²) >= 11 is 4.60. The first-order valence-corrected chi connectivity index (χ1v) is 10.7. The van der Waals surface area contributed by atoms with E-state index in [0.717, 1.165) is 16.1 Å². The lowest BCUT2D eigenvalue weighted by molar-refractivity contribution is -0.141. The molecule has 1 amide bonds. The van der Waals surface area contributed by atoms with Crippen molar-refractivity contribution in [2.75, 3.05) is 5.32 Å². The van der Waals surface area contributed by atoms with Gasteiger partial charge in [-0.25, -0.2) is 0 Å². The van der Waals surface area contributed by atoms with Crippen molar-refractivity contribution in [1.29, 1.82) is 0 Å². The number of nitrogens with one attached hydrogen (secondary N) is 1. The van der Waals surface area contributed by atoms with E-state index in [1.807, 2.05) is 24.3 Å². The summed E-state index contributed by atoms with van der Waals surface area (Å²) in [5, 5.41) is 12.3. The molecule has 0 spiro atoms. The monoisotopic (exact) mass is 509 g/mol. The van der Waals surface area contributed by atoms with Gasteiger partial charge in [-0.1, -0.05) is 28.1 Å². The lowest BCUT2D eigenvalue weighted by Crippen LogP contribution is -2.11. The first-order chi connectivity index (χ1) is 14.8. The van der Waals surface area contributed by atoms with E-state index >= 15 is 0 Å². The Kier molecular flexibility index (Phi) is 5.96. The highest BCUT2D eigenvalue weighted by Crippen LogP contribution is 2.27. The molecule has 6 nitrogen and oxygen atoms in total. The number of hydrogen-bond acceptors (Lipinski definition) is 4. The smallest absolute Gasteiger partial charge is 0.304 e. The zero-order chi connectivity index (χ0) is 22.0. The summed E-state index contributed by atoms with van der Waals surface area (Å²) in [5.74, 6) is 0.0838. The Bertz CT molecular complexity index is 1200. The number of hydrogen-bond donors (Lipinski definition) is 1. The van der Waals surface area contributed by atoms with E-state index in [-0.39, 0.29) is 12.5 Å². The summed E-state index contributed by atoms with van der Waals surface area (Å²) in [6.07, 6.45) is -1.45. The molecule has 0 fully saturated rings. The third-order valence-electron chi connectivity index (χ3n) is 4.29. The van der Waals surface area contributed by atoms with Crippen molar-refractivity contribution in [1.82, 2.24) is 19.6 Å². The number of carbonyl (C=O) groups excluding carboxylic acids is 1. The van der Waals surface area contributed by atoms with Gasteiger partial charge in [0, 0.05) is 22.9 Å². The SMILES string of the molecule is O=C(Nc1ccn(Cc2ccc(Br)cc2)n1)c1cc(Cn2ccc(C(F)(F)F)n2)cs1. The largest absolute Gasteiger partial charge is 0.435 e. The van der Waals surface area contributed by atoms with Crippen LogP contribution in [0.5, 0.6) is 0 Å². The van der Waals surface area contributed by atoms with Crippen molar-refractivity contribution < 1.29 is 18.0 Å². The van der Waals surface area contributed by atoms with Gasteiger partial charge in [0.15, 0.2) is 11.5 Å². The number of carbonyl (C=O) groups is 1. The van der Waals surface area contributed by atoms with Crippen LogP contribution in [0.3, 0.4) is 0 Å². The number of halogens is 4. The Labute approximate surface area is 187 Å². The average molecular weight is 510 g/mol. The number of benzene rings is 1. The van der Waals surface area contributed by atoms with E-state index in [9.17, 15) is 18.0 Å². The molecule has 0 radical (unpaired) electrons. The van der Waals surface area contributed by atoms with Crippen LogP contribution in [0, 0.1) is 0 Å². The number of thiophene rings is 1. The molecule has 0 aliphatic rings. The molecule has 31 heavy (non-hydrogen) atoms. The number of aromatic nitrogens is 4. The molecule has 1 aromatic carbocycles. The quantitative estimate of drug-likeness (QED) is 0.385. The Hall–Kier alpha value is -2.92. The molecule has 160 valence electrons. The highest BCUT2D eigenvalue weighted by molar-refractivity contribution is 9.10. The third-order valence-corrected chi connectivity index (χ3v) is 5.80. The second-order valence-electron chi connectivity index (χ2n) is 6.69. The number of amides is 1. The van der Waals surface area contributed by atoms with Gasteiger partial charge in [0.2, 0.25) is 0 Å². The van der Waals surface area contributed by atoms with Crippen molar-refractivity contribution in [3.8, 4) is 0 Å². The number of alkyl halides is 3. The highest BCUT2D eigenvalue weighted by Gasteiger charge is 2.33. The summed E-state index contributed by atoms with van der Waals surface area (Å²) in [5.41, 5.74) is 0.812. The molecule has 0 aliphatic carbocycles. The molecule has 3 heterocycles. The molecule has 4 aromatic rings. The molecule has 1 N–H and O–H groups in total. The van der Waals surface area contributed by atoms with Crippen LogP contribution in [-0.2, 0) is 19.3 Å². The topological polar surface area (TPSA) is 64.7 Å². The fraction of sp³-hybridized carbons (Fsp3) is 0.150. The Morgan fingerprint density at radius 1 is 1.00 bits per heavy atom. The Morgan fingerprint density at radius 2 is 1.68 bits per heavy atom. The fourth-order valence-electron chi connectivity index (χ4n) is 2.84. The van der Waals surface area contributed by atoms with E-state index in [0.29, 0.717) is 22.8 Å². The first kappa shape index (κ1) is 21.3. The minimum absolute atomic E-state index is 0.141. The number of nitrogens with zero attached hydrogens (tertiary/aromatic N) is 4. The highest BCUT2D eigenvalue weighted by atomic mass is 79.9. The lowest BCUT2D eigenvalue weighted by atomic mass is 10.2. The van der Waals surface area contributed by atoms with E-state index in [4.69, 9.17) is 0 Å². The normalized spacial score (nSPS) is 11.6. The maximum absolute atomic E-state index is 12.7. The minimum atomic E-state index is -4.48. The fourth-order valence-corrected chi connectivity index (χ4v) is 3.90. The lowest BCUT2D eigenvalue weighted by Gasteiger charge is -2.03. The molecule has 3 aromatic heterocycles. The van der Waals surface area contributed by atoms with Gasteiger partial charge in [0.05, 0.1) is 18.0 Å². The van der Waals surface area contributed by atoms with Gasteiger partial charge >= 0.3 is 6.18 Å². The van der Waals surface area contributed by atoms with Gasteiger partial charge in [-0.2, -0.15) is 23.4 Å². The predicted molar refractivity (Wildman–Crippen MR) is 114 cm³/mol. The maximum Gasteiger partial charge on any atom is 0.435 e. The van der Waals surface area contributed by atoms with Gasteiger partial charge < -0.3 is 5.32 Å². The van der Waals surface area contributed by atoms with Crippen molar-refractivity contribution >= 4 is 39.0 Å². The summed E-state index contributed by atoms with van der Waals surface area (Å²) in [4.78, 5) is 12.9. The van der Waals surface area contributed by atoms with Crippen LogP contribution in [0.25, 0.3) is 0 Å². The number of anilines is 1. The minimum Gasteiger partial charge on any atom is -0.304 e. The second-order valence-corrected chi connectivity index (χ2v) is 8.52. The van der Waals surface area contributed by atoms with Crippen LogP contribution >= 0.6 is 27.3 Å². The van der Waals surface area contributed by atoms with Crippen molar-refractivity contribution in [3.05, 3.63) is 86.4 Å². The Morgan fingerprint density at radius 3 is 2.39 bits per heavy atom. The summed E-state index contributed by atoms with van der Waals surface area (Å²) < 4.78 is 41.9. The molecule has 0 atom stereocenters. The third kappa shape index (κ3) is 5.42. The molecular formula is C20H15BrF3N5OS. The standard InChI is InChI=1S/C20H15BrF3N5OS/c21-15-3-1-13(2-4-15)10-29-8-6-18(27-29)25-19(30)16-9-14(12-31-16)11-28-7-5-17(26-28)20(22,23)24/h1-9,12H,10-11H2,(H,25,27,30). The second kappa shape index (κ2) is 8.67. The summed E-state index contributed by atoms with van der Waals surface area (Å²) in [7, 11) is 0. The zero-order valence-corrected chi connectivity index (χ0v) is 18.2. The maximum atomic E-state index is 12.7. The van der Waals surface area contributed by atoms with Gasteiger partial charge in [-0.3, -0.25) is 14.2 Å². The summed E-state index contributed by atoms with van der Waals surface area (Å²) in [6, 6.07) is 12.1. The molecule has 4 rings (SSSR count). The molecule has 0 saturated heterocycles. The summed E-state index contributed by atoms with van der Waals surface area (Å²) in [6.45, 7) is 0.706. The van der Waals surface area contributed by atoms with Crippen LogP contribution < -0.4 is 5.32 Å². The Balaban J connectivity index is 1.36. The van der Waals surface area contributed by atoms with E-state index in [1.54, 1.807) is 28.4 Å². The zero-order valence-electron chi connectivity index (χ0n) is 15.8. The van der Waals surface area contributed by atoms with Gasteiger partial charge in [0.1, 0.15) is 0 Å². The van der Waals surface area contributed by atoms with Crippen LogP contribution in [0.4, 0.5) is 19.0 Å². The predicted octanol–water partition coefficient (Wildman–Crippen LogP) is 5.27. The average Bonchev–Trinajstić information content (AvgIpc) is 3.45. The van der Waals surface area contributed by atoms with Gasteiger partial charge in [-0.05, 0) is 40.8 Å². The molecular weight excluding hydrogens is 495 g/mol. The van der Waals surface area contributed by atoms with Crippen LogP contribution in [0.1, 0.15) is 26.5 Å². The van der Waals surface area contributed by atoms with Crippen molar-refractivity contribution in [2.45, 2.75) is 19.3 Å². The van der Waals surface area contributed by atoms with Crippen molar-refractivity contribution in [2.24, 2.45) is 0 Å². The molecule has 0 bridgehead atoms. The van der Waals surface area contributed by atoms with E-state index in [1.165, 1.54) is 22.2 Å². The number of rotatable bonds is 6. The van der Waals surface area contributed by atoms with Crippen LogP contribution in [-0.4, -0.2) is 25.5 Å². The molecule has 11 heteroatoms. The molecule has 0 unspecified atom stereocenters. The van der Waals surface area contributed by atoms with Crippen LogP contribution in [0.2, 0.25) is 0 Å². The van der Waals surface area contributed by atoms with Crippen LogP contribution in [0.15, 0.2) is 64.7 Å². The van der Waals surface area contributed by atoms with Crippen molar-refractivity contribution in [3.63, 3.8) is 0 Å². The first-order valence-electron chi connectivity index (χ1n) is 9.03. The van der Waals surface area contributed by atoms with Gasteiger partial charge in [-0.15, -0.1) is 11.3 Å². The van der Waals surface area contributed by atoms with Gasteiger partial charge in [0.25, 0.3) is 5.91 Å². The molecule has 0 saturated carbocycles.